The number of amides is 2. The van der Waals surface area contributed by atoms with Crippen LogP contribution in [0.3, 0.4) is 0 Å². The first-order valence-corrected chi connectivity index (χ1v) is 40.0. The number of aliphatic carboxylic acids is 2. The van der Waals surface area contributed by atoms with E-state index in [4.69, 9.17) is 79.5 Å². The largest absolute Gasteiger partial charge is 0.756 e. The van der Waals surface area contributed by atoms with Gasteiger partial charge in [-0.1, -0.05) is 6.92 Å². The first kappa shape index (κ1) is 103. The Morgan fingerprint density at radius 2 is 0.975 bits per heavy atom. The lowest BCUT2D eigenvalue weighted by Gasteiger charge is -2.50. The van der Waals surface area contributed by atoms with Crippen LogP contribution in [-0.4, -0.2) is 368 Å². The van der Waals surface area contributed by atoms with Crippen molar-refractivity contribution in [2.24, 2.45) is 11.7 Å². The number of carboxylic acids is 2. The van der Waals surface area contributed by atoms with Gasteiger partial charge in [-0.2, -0.15) is 9.97 Å². The fraction of sp³-hybridized carbons (Fsp3) is 0.768. The maximum absolute atomic E-state index is 12.9. The molecule has 6 aliphatic heterocycles. The Morgan fingerprint density at radius 1 is 0.602 bits per heavy atom. The minimum Gasteiger partial charge on any atom is -0.756 e. The number of nitrogens with one attached hydrogen (secondary N) is 2. The van der Waals surface area contributed by atoms with E-state index in [1.165, 1.54) is 33.1 Å². The van der Waals surface area contributed by atoms with E-state index in [0.717, 1.165) is 34.7 Å². The number of aromatic nitrogens is 4. The number of carbonyl (C=O) groups excluding carboxylic acids is 5. The number of hydrogen-bond donors (Lipinski definition) is 25. The van der Waals surface area contributed by atoms with Crippen LogP contribution < -0.4 is 59.2 Å². The SMILES string of the molecule is CC(=O)NC1C(O)CC(OP(=O)([O-])OCC2OC(n3ccc(N)nc3=O)C(O)C2O)(C(=O)[O-])OC1[C@H](O)[C@H](O)CN.CC1C(O)CC(OP(=O)([O-])OCC2OC(n3ccc(N)nc3=O)C(O)C2O)(C(=O)[O-])OC1[C@H](O)[C@H](O)CNC(=O)CO[C@H]1OC(COP(=O)(O)O)[C@@H](O)C(O)[C@H]1O.CC=O.CO[C@H]1OC(COP(=O)(O)O)[C@@H](O)C(O)[C@H]1O. The highest BCUT2D eigenvalue weighted by Gasteiger charge is 2.57. The molecule has 2 aromatic heterocycles. The van der Waals surface area contributed by atoms with Crippen LogP contribution in [0.1, 0.15) is 46.1 Å². The topological polar surface area (TPSA) is 952 Å². The smallest absolute Gasteiger partial charge is 0.469 e. The molecule has 0 spiro atoms. The van der Waals surface area contributed by atoms with Crippen LogP contribution in [0.4, 0.5) is 11.6 Å². The van der Waals surface area contributed by atoms with Gasteiger partial charge in [0.15, 0.2) is 25.0 Å². The molecule has 0 bridgehead atoms. The van der Waals surface area contributed by atoms with Gasteiger partial charge in [0.1, 0.15) is 140 Å². The summed E-state index contributed by atoms with van der Waals surface area (Å²) in [5.74, 6) is -14.9. The number of anilines is 2. The molecule has 0 aromatic carbocycles. The fourth-order valence-corrected chi connectivity index (χ4v) is 14.2. The number of nitrogen functional groups attached to an aromatic ring is 2. The Morgan fingerprint density at radius 3 is 1.36 bits per heavy atom. The van der Waals surface area contributed by atoms with Gasteiger partial charge in [0.2, 0.25) is 23.4 Å². The third kappa shape index (κ3) is 27.7. The number of nitrogens with two attached hydrogens (primary N) is 3. The molecular weight excluding hydrogens is 1710 g/mol. The van der Waals surface area contributed by atoms with Crippen LogP contribution >= 0.6 is 31.3 Å². The summed E-state index contributed by atoms with van der Waals surface area (Å²) in [6.07, 6.45) is -45.2. The van der Waals surface area contributed by atoms with E-state index in [1.54, 1.807) is 0 Å². The third-order valence-electron chi connectivity index (χ3n) is 17.7. The van der Waals surface area contributed by atoms with Gasteiger partial charge in [-0.15, -0.1) is 0 Å². The minimum atomic E-state index is -5.88. The number of methoxy groups -OCH3 is 1. The summed E-state index contributed by atoms with van der Waals surface area (Å²) < 4.78 is 117. The van der Waals surface area contributed by atoms with Gasteiger partial charge in [0, 0.05) is 58.3 Å². The average molecular weight is 1800 g/mol. The Bertz CT molecular complexity index is 3970. The Balaban J connectivity index is 0.000000351. The maximum atomic E-state index is 12.9. The Hall–Kier alpha value is -5.65. The molecule has 58 nitrogen and oxygen atoms in total. The van der Waals surface area contributed by atoms with Crippen LogP contribution in [-0.2, 0) is 107 Å². The van der Waals surface area contributed by atoms with Crippen molar-refractivity contribution in [3.05, 3.63) is 45.5 Å². The van der Waals surface area contributed by atoms with Gasteiger partial charge in [0.25, 0.3) is 15.6 Å². The first-order chi connectivity index (χ1) is 54.5. The zero-order valence-corrected chi connectivity index (χ0v) is 65.1. The second-order valence-corrected chi connectivity index (χ2v) is 31.4. The lowest BCUT2D eigenvalue weighted by molar-refractivity contribution is -0.380. The molecular formula is C56H91N9O49P4-4. The number of aliphatic hydroxyl groups excluding tert-OH is 16. The predicted molar refractivity (Wildman–Crippen MR) is 360 cm³/mol. The van der Waals surface area contributed by atoms with E-state index in [0.29, 0.717) is 0 Å². The predicted octanol–water partition coefficient (Wildman–Crippen LogP) is -18.6. The molecule has 0 radical (unpaired) electrons. The van der Waals surface area contributed by atoms with Crippen LogP contribution in [0.25, 0.3) is 0 Å². The van der Waals surface area contributed by atoms with Crippen LogP contribution in [0.5, 0.6) is 0 Å². The molecule has 8 heterocycles. The number of nitrogens with zero attached hydrogens (tertiary/aromatic N) is 4. The van der Waals surface area contributed by atoms with Crippen LogP contribution in [0.15, 0.2) is 34.1 Å². The summed E-state index contributed by atoms with van der Waals surface area (Å²) in [4.78, 5) is 149. The van der Waals surface area contributed by atoms with Crippen LogP contribution in [0.2, 0.25) is 0 Å². The number of hydrogen-bond acceptors (Lipinski definition) is 50. The molecule has 32 atom stereocenters. The summed E-state index contributed by atoms with van der Waals surface area (Å²) in [5.41, 5.74) is 14.2. The second-order valence-electron chi connectivity index (χ2n) is 26.3. The van der Waals surface area contributed by atoms with E-state index in [-0.39, 0.29) is 11.6 Å². The van der Waals surface area contributed by atoms with Gasteiger partial charge in [-0.3, -0.25) is 45.9 Å². The van der Waals surface area contributed by atoms with Crippen molar-refractivity contribution in [2.45, 2.75) is 211 Å². The molecule has 28 N–H and O–H groups in total. The number of aliphatic hydroxyl groups is 16. The second kappa shape index (κ2) is 43.6. The van der Waals surface area contributed by atoms with Gasteiger partial charge in [-0.25, -0.2) is 18.7 Å². The van der Waals surface area contributed by atoms with Crippen molar-refractivity contribution in [1.29, 1.82) is 0 Å². The summed E-state index contributed by atoms with van der Waals surface area (Å²) in [6, 6.07) is 0.802. The van der Waals surface area contributed by atoms with Gasteiger partial charge in [-0.05, 0) is 19.1 Å². The van der Waals surface area contributed by atoms with Crippen molar-refractivity contribution in [3.63, 3.8) is 0 Å². The Labute approximate surface area is 661 Å². The highest BCUT2D eigenvalue weighted by atomic mass is 31.2. The summed E-state index contributed by atoms with van der Waals surface area (Å²) in [5, 5.41) is 192. The first-order valence-electron chi connectivity index (χ1n) is 34.0. The standard InChI is InChI=1S/C27H44N4O24P2.C20H32N5O15P.C7H15O9P.C2H4O/c1-9-10(32)4-27(25(41)42,55-57(47,48)51-7-12-18(37)20(39)23(52-12)31-3-2-14(28)30-26(31)43)54-22(9)16(35)11(33)5-29-15(34)8-49-24-21(40)19(38)17(36)13(53-24)6-50-56(44,45)46;1-7(26)23-12-8(27)4-20(18(32)33,39-16(12)13(29)9(28)5-21)40-41(35,36)37-6-10-14(30)15(31)17(38-10)25-3-2-11(22)24-19(25)34;1-14-7-6(10)5(9)4(8)3(16-7)2-15-17(11,12)13;1-2-3/h2-3,9-13,16-24,32-33,35-40H,4-8H2,1H3,(H,29,34)(H,41,42)(H,47,48)(H2,28,30,43)(H2,44,45,46);2-3,8-10,12-17,27-31H,4-6,21H2,1H3,(H,23,26)(H,32,33)(H,35,36)(H2,22,24,34);3-10H,2H2,1H3,(H2,11,12,13);2H,1H3/p-4/t9?,10?,11-,12?,13?,16-,17-,18?,19?,20?,21-,22?,23?,24+,27?;8?,9-,10?,12?,13-,14?,15?,16?,17?,20?;3?,4-,5?,6-,7+;/m111./s1. The normalized spacial score (nSPS) is 35.7. The molecule has 6 aliphatic rings. The third-order valence-corrected chi connectivity index (χ3v) is 20.6. The van der Waals surface area contributed by atoms with Crippen molar-refractivity contribution in [1.82, 2.24) is 29.7 Å². The van der Waals surface area contributed by atoms with Gasteiger partial charge < -0.3 is 210 Å². The quantitative estimate of drug-likeness (QED) is 0.0239. The molecule has 118 heavy (non-hydrogen) atoms. The number of phosphoric ester groups is 4. The van der Waals surface area contributed by atoms with Crippen molar-refractivity contribution in [2.75, 3.05) is 64.7 Å². The van der Waals surface area contributed by atoms with E-state index in [9.17, 15) is 149 Å². The van der Waals surface area contributed by atoms with Gasteiger partial charge >= 0.3 is 27.0 Å². The highest BCUT2D eigenvalue weighted by Crippen LogP contribution is 2.51. The molecule has 8 rings (SSSR count). The molecule has 22 unspecified atom stereocenters. The van der Waals surface area contributed by atoms with Crippen molar-refractivity contribution >= 4 is 73.0 Å². The highest BCUT2D eigenvalue weighted by molar-refractivity contribution is 7.46. The van der Waals surface area contributed by atoms with E-state index >= 15 is 0 Å². The van der Waals surface area contributed by atoms with Gasteiger partial charge in [0.05, 0.1) is 63.0 Å². The lowest BCUT2D eigenvalue weighted by atomic mass is 9.84. The zero-order chi connectivity index (χ0) is 89.6. The van der Waals surface area contributed by atoms with Crippen LogP contribution in [0, 0.1) is 5.92 Å². The maximum Gasteiger partial charge on any atom is 0.469 e. The number of phosphoric acid groups is 4. The zero-order valence-electron chi connectivity index (χ0n) is 61.5. The van der Waals surface area contributed by atoms with Crippen molar-refractivity contribution in [3.8, 4) is 0 Å². The Kier molecular flexibility index (Phi) is 38.0. The van der Waals surface area contributed by atoms with E-state index in [2.05, 4.69) is 47.7 Å². The lowest BCUT2D eigenvalue weighted by Crippen LogP contribution is -2.69. The number of carboxylic acid groups (broad SMARTS) is 2. The molecule has 0 saturated carbocycles. The molecule has 2 amide bonds. The number of carbonyl (C=O) groups is 5. The van der Waals surface area contributed by atoms with E-state index in [1.807, 2.05) is 0 Å². The summed E-state index contributed by atoms with van der Waals surface area (Å²) in [7, 11) is -20.2. The molecule has 62 heteroatoms. The molecule has 678 valence electrons. The number of ether oxygens (including phenoxy) is 8. The monoisotopic (exact) mass is 1800 g/mol. The number of aldehydes is 1. The van der Waals surface area contributed by atoms with E-state index < -0.39 is 308 Å². The summed E-state index contributed by atoms with van der Waals surface area (Å²) >= 11 is 0. The number of rotatable bonds is 32. The van der Waals surface area contributed by atoms with Crippen molar-refractivity contribution < 1.29 is 229 Å². The minimum absolute atomic E-state index is 0.142. The molecule has 2 aromatic rings. The average Bonchev–Trinajstić information content (AvgIpc) is 1.05. The fourth-order valence-electron chi connectivity index (χ4n) is 11.6. The molecule has 6 fully saturated rings. The molecule has 6 saturated heterocycles. The molecule has 0 aliphatic carbocycles. The summed E-state index contributed by atoms with van der Waals surface area (Å²) in [6.45, 7) is -2.57.